The molecular formula is C35H44N6O3. The minimum atomic E-state index is -0.814. The Bertz CT molecular complexity index is 1480. The van der Waals surface area contributed by atoms with E-state index in [9.17, 15) is 9.90 Å². The van der Waals surface area contributed by atoms with Crippen molar-refractivity contribution in [3.05, 3.63) is 89.7 Å². The second-order valence-electron chi connectivity index (χ2n) is 12.9. The van der Waals surface area contributed by atoms with E-state index < -0.39 is 6.09 Å². The van der Waals surface area contributed by atoms with Crippen molar-refractivity contribution in [3.8, 4) is 17.1 Å². The van der Waals surface area contributed by atoms with Crippen LogP contribution in [0.15, 0.2) is 72.9 Å². The molecule has 1 aliphatic rings. The third-order valence-electron chi connectivity index (χ3n) is 8.53. The van der Waals surface area contributed by atoms with Gasteiger partial charge in [0.1, 0.15) is 12.4 Å². The van der Waals surface area contributed by atoms with Crippen molar-refractivity contribution in [2.45, 2.75) is 84.9 Å². The molecule has 2 aromatic carbocycles. The second kappa shape index (κ2) is 14.0. The fourth-order valence-corrected chi connectivity index (χ4v) is 6.35. The van der Waals surface area contributed by atoms with Crippen LogP contribution in [0, 0.1) is 11.3 Å². The van der Waals surface area contributed by atoms with Gasteiger partial charge in [-0.15, -0.1) is 10.2 Å². The van der Waals surface area contributed by atoms with Gasteiger partial charge in [0, 0.05) is 30.3 Å². The lowest BCUT2D eigenvalue weighted by Crippen LogP contribution is -2.46. The van der Waals surface area contributed by atoms with Gasteiger partial charge in [-0.1, -0.05) is 83.0 Å². The molecule has 9 nitrogen and oxygen atoms in total. The van der Waals surface area contributed by atoms with E-state index in [2.05, 4.69) is 79.4 Å². The number of rotatable bonds is 11. The van der Waals surface area contributed by atoms with E-state index in [4.69, 9.17) is 9.84 Å². The van der Waals surface area contributed by atoms with Crippen molar-refractivity contribution in [2.24, 2.45) is 11.3 Å². The van der Waals surface area contributed by atoms with Crippen LogP contribution in [0.3, 0.4) is 0 Å². The van der Waals surface area contributed by atoms with E-state index in [1.807, 2.05) is 30.3 Å². The molecule has 1 N–H and O–H groups in total. The van der Waals surface area contributed by atoms with Gasteiger partial charge in [-0.3, -0.25) is 4.98 Å². The van der Waals surface area contributed by atoms with E-state index in [0.717, 1.165) is 49.1 Å². The molecule has 0 bridgehead atoms. The number of hydrogen-bond acceptors (Lipinski definition) is 6. The van der Waals surface area contributed by atoms with Gasteiger partial charge >= 0.3 is 6.09 Å². The summed E-state index contributed by atoms with van der Waals surface area (Å²) in [7, 11) is 0. The Balaban J connectivity index is 1.24. The lowest BCUT2D eigenvalue weighted by atomic mass is 9.72. The summed E-state index contributed by atoms with van der Waals surface area (Å²) in [5, 5.41) is 23.0. The molecule has 1 fully saturated rings. The van der Waals surface area contributed by atoms with E-state index in [1.54, 1.807) is 15.9 Å². The van der Waals surface area contributed by atoms with Gasteiger partial charge in [0.15, 0.2) is 0 Å². The van der Waals surface area contributed by atoms with Crippen molar-refractivity contribution in [1.82, 2.24) is 30.1 Å². The van der Waals surface area contributed by atoms with E-state index >= 15 is 0 Å². The number of benzene rings is 2. The molecule has 3 unspecified atom stereocenters. The van der Waals surface area contributed by atoms with Crippen LogP contribution >= 0.6 is 0 Å². The first-order chi connectivity index (χ1) is 21.2. The third kappa shape index (κ3) is 7.81. The first-order valence-corrected chi connectivity index (χ1v) is 15.7. The van der Waals surface area contributed by atoms with Crippen LogP contribution in [-0.4, -0.2) is 53.9 Å². The molecule has 1 saturated heterocycles. The Morgan fingerprint density at radius 2 is 1.77 bits per heavy atom. The maximum atomic E-state index is 11.7. The minimum Gasteiger partial charge on any atom is -0.487 e. The van der Waals surface area contributed by atoms with Gasteiger partial charge in [0.2, 0.25) is 5.82 Å². The molecular weight excluding hydrogens is 552 g/mol. The van der Waals surface area contributed by atoms with Crippen molar-refractivity contribution in [1.29, 1.82) is 0 Å². The van der Waals surface area contributed by atoms with Crippen molar-refractivity contribution < 1.29 is 14.6 Å². The molecule has 9 heteroatoms. The molecule has 2 aromatic heterocycles. The quantitative estimate of drug-likeness (QED) is 0.192. The van der Waals surface area contributed by atoms with Gasteiger partial charge in [-0.25, -0.2) is 4.79 Å². The normalized spacial score (nSPS) is 17.8. The smallest absolute Gasteiger partial charge is 0.407 e. The zero-order valence-electron chi connectivity index (χ0n) is 26.3. The highest BCUT2D eigenvalue weighted by Gasteiger charge is 2.32. The number of aromatic nitrogens is 5. The summed E-state index contributed by atoms with van der Waals surface area (Å²) in [6.07, 6.45) is 5.61. The first kappa shape index (κ1) is 31.2. The Kier molecular flexibility index (Phi) is 9.92. The Morgan fingerprint density at radius 1 is 1.05 bits per heavy atom. The molecule has 0 aliphatic carbocycles. The van der Waals surface area contributed by atoms with Gasteiger partial charge in [-0.05, 0) is 71.2 Å². The molecule has 44 heavy (non-hydrogen) atoms. The Labute approximate surface area is 260 Å². The van der Waals surface area contributed by atoms with Crippen LogP contribution in [-0.2, 0) is 13.2 Å². The number of likely N-dealkylation sites (tertiary alicyclic amines) is 1. The molecule has 5 rings (SSSR count). The summed E-state index contributed by atoms with van der Waals surface area (Å²) < 4.78 is 5.96. The van der Waals surface area contributed by atoms with Crippen LogP contribution in [0.5, 0.6) is 5.75 Å². The monoisotopic (exact) mass is 596 g/mol. The van der Waals surface area contributed by atoms with Crippen molar-refractivity contribution in [2.75, 3.05) is 6.54 Å². The zero-order chi connectivity index (χ0) is 31.1. The molecule has 1 amide bonds. The number of unbranched alkanes of at least 4 members (excludes halogenated alkanes) is 1. The molecule has 0 spiro atoms. The average molecular weight is 597 g/mol. The van der Waals surface area contributed by atoms with Crippen LogP contribution in [0.4, 0.5) is 4.79 Å². The zero-order valence-corrected chi connectivity index (χ0v) is 26.3. The van der Waals surface area contributed by atoms with Gasteiger partial charge < -0.3 is 14.7 Å². The summed E-state index contributed by atoms with van der Waals surface area (Å²) in [6, 6.07) is 22.7. The standard InChI is InChI=1S/C35H44N6O3/c1-5-6-10-30-22-25(19-21-40(30)34(42)43)23-41-38-33(37-39-41)28-13-11-26(12-14-28)32(35(2,3)4)27-15-17-31(18-16-27)44-24-29-9-7-8-20-36-29/h7-9,11-18,20,25,30,32H,5-6,10,19,21-24H2,1-4H3,(H,42,43). The first-order valence-electron chi connectivity index (χ1n) is 15.7. The highest BCUT2D eigenvalue weighted by Crippen LogP contribution is 2.41. The molecule has 4 aromatic rings. The number of nitrogens with zero attached hydrogens (tertiary/aromatic N) is 6. The number of piperidine rings is 1. The SMILES string of the molecule is CCCCC1CC(Cn2nnc(-c3ccc(C(c4ccc(OCc5ccccn5)cc4)C(C)(C)C)cc3)n2)CCN1C(=O)O. The summed E-state index contributed by atoms with van der Waals surface area (Å²) in [6.45, 7) is 10.6. The predicted octanol–water partition coefficient (Wildman–Crippen LogP) is 7.44. The molecule has 0 saturated carbocycles. The average Bonchev–Trinajstić information content (AvgIpc) is 3.48. The largest absolute Gasteiger partial charge is 0.487 e. The van der Waals surface area contributed by atoms with Crippen LogP contribution in [0.1, 0.15) is 82.5 Å². The molecule has 232 valence electrons. The van der Waals surface area contributed by atoms with Crippen LogP contribution in [0.25, 0.3) is 11.4 Å². The number of pyridine rings is 1. The molecule has 3 heterocycles. The lowest BCUT2D eigenvalue weighted by molar-refractivity contribution is 0.0796. The highest BCUT2D eigenvalue weighted by molar-refractivity contribution is 5.65. The van der Waals surface area contributed by atoms with E-state index in [0.29, 0.717) is 31.4 Å². The number of hydrogen-bond donors (Lipinski definition) is 1. The Hall–Kier alpha value is -4.27. The molecule has 0 radical (unpaired) electrons. The maximum absolute atomic E-state index is 11.7. The summed E-state index contributed by atoms with van der Waals surface area (Å²) in [5.74, 6) is 1.93. The number of carbonyl (C=O) groups is 1. The van der Waals surface area contributed by atoms with E-state index in [1.165, 1.54) is 11.1 Å². The van der Waals surface area contributed by atoms with E-state index in [-0.39, 0.29) is 17.4 Å². The fourth-order valence-electron chi connectivity index (χ4n) is 6.35. The maximum Gasteiger partial charge on any atom is 0.407 e. The van der Waals surface area contributed by atoms with Crippen LogP contribution < -0.4 is 4.74 Å². The van der Waals surface area contributed by atoms with Gasteiger partial charge in [-0.2, -0.15) is 4.80 Å². The number of tetrazole rings is 1. The number of ether oxygens (including phenoxy) is 1. The predicted molar refractivity (Wildman–Crippen MR) is 170 cm³/mol. The van der Waals surface area contributed by atoms with Gasteiger partial charge in [0.05, 0.1) is 12.2 Å². The summed E-state index contributed by atoms with van der Waals surface area (Å²) in [5.41, 5.74) is 4.26. The summed E-state index contributed by atoms with van der Waals surface area (Å²) in [4.78, 5) is 19.3. The minimum absolute atomic E-state index is 0.00949. The fraction of sp³-hybridized carbons (Fsp3) is 0.457. The molecule has 1 aliphatic heterocycles. The third-order valence-corrected chi connectivity index (χ3v) is 8.53. The Morgan fingerprint density at radius 3 is 2.41 bits per heavy atom. The van der Waals surface area contributed by atoms with Crippen molar-refractivity contribution in [3.63, 3.8) is 0 Å². The summed E-state index contributed by atoms with van der Waals surface area (Å²) >= 11 is 0. The van der Waals surface area contributed by atoms with Gasteiger partial charge in [0.25, 0.3) is 0 Å². The topological polar surface area (TPSA) is 106 Å². The highest BCUT2D eigenvalue weighted by atomic mass is 16.5. The number of carboxylic acid groups (broad SMARTS) is 1. The lowest BCUT2D eigenvalue weighted by Gasteiger charge is -2.37. The van der Waals surface area contributed by atoms with Crippen molar-refractivity contribution >= 4 is 6.09 Å². The molecule has 3 atom stereocenters. The van der Waals surface area contributed by atoms with Crippen LogP contribution in [0.2, 0.25) is 0 Å². The second-order valence-corrected chi connectivity index (χ2v) is 12.9. The number of amides is 1.